The number of carbonyl (C=O) groups is 2. The van der Waals surface area contributed by atoms with Crippen molar-refractivity contribution in [2.75, 3.05) is 24.3 Å². The lowest BCUT2D eigenvalue weighted by molar-refractivity contribution is -0.266. The lowest BCUT2D eigenvalue weighted by Crippen LogP contribution is -2.18. The Morgan fingerprint density at radius 1 is 0.882 bits per heavy atom. The number of nitrogens with zero attached hydrogens (tertiary/aromatic N) is 3. The summed E-state index contributed by atoms with van der Waals surface area (Å²) in [5, 5.41) is 34.6. The highest BCUT2D eigenvalue weighted by Crippen LogP contribution is 2.36. The largest absolute Gasteiger partial charge is 0.872 e. The van der Waals surface area contributed by atoms with E-state index in [0.29, 0.717) is 27.8 Å². The van der Waals surface area contributed by atoms with Crippen molar-refractivity contribution >= 4 is 45.4 Å². The Kier molecular flexibility index (Phi) is 6.22. The highest BCUT2D eigenvalue weighted by molar-refractivity contribution is 6.13. The van der Waals surface area contributed by atoms with E-state index in [-0.39, 0.29) is 16.8 Å². The zero-order chi connectivity index (χ0) is 24.2. The van der Waals surface area contributed by atoms with Gasteiger partial charge in [-0.3, -0.25) is 4.79 Å². The molecule has 0 aliphatic rings. The predicted octanol–water partition coefficient (Wildman–Crippen LogP) is 5.35. The van der Waals surface area contributed by atoms with Gasteiger partial charge in [0.1, 0.15) is 0 Å². The average Bonchev–Trinajstić information content (AvgIpc) is 2.84. The number of azo groups is 1. The number of aromatic carboxylic acids is 1. The highest BCUT2D eigenvalue weighted by Gasteiger charge is 2.16. The molecule has 0 aliphatic carbocycles. The molecule has 0 radical (unpaired) electrons. The van der Waals surface area contributed by atoms with Crippen LogP contribution in [0.1, 0.15) is 20.7 Å². The summed E-state index contributed by atoms with van der Waals surface area (Å²) in [6.07, 6.45) is 0. The summed E-state index contributed by atoms with van der Waals surface area (Å²) < 4.78 is 0. The third kappa shape index (κ3) is 4.56. The van der Waals surface area contributed by atoms with E-state index in [1.54, 1.807) is 61.5 Å². The van der Waals surface area contributed by atoms with E-state index < -0.39 is 17.6 Å². The molecule has 2 N–H and O–H groups in total. The van der Waals surface area contributed by atoms with Crippen molar-refractivity contribution in [3.63, 3.8) is 0 Å². The number of carbonyl (C=O) groups excluding carboxylic acids is 1. The number of fused-ring (bicyclic) bond motifs is 1. The second kappa shape index (κ2) is 9.41. The van der Waals surface area contributed by atoms with E-state index in [2.05, 4.69) is 15.5 Å². The summed E-state index contributed by atoms with van der Waals surface area (Å²) in [4.78, 5) is 26.4. The van der Waals surface area contributed by atoms with Crippen LogP contribution in [-0.4, -0.2) is 31.1 Å². The first-order chi connectivity index (χ1) is 16.3. The summed E-state index contributed by atoms with van der Waals surface area (Å²) in [5.74, 6) is -2.25. The maximum absolute atomic E-state index is 13.2. The first kappa shape index (κ1) is 22.5. The molecule has 4 aromatic carbocycles. The van der Waals surface area contributed by atoms with Crippen molar-refractivity contribution in [3.8, 4) is 5.75 Å². The molecule has 0 unspecified atom stereocenters. The van der Waals surface area contributed by atoms with Gasteiger partial charge in [0.2, 0.25) is 0 Å². The number of hydrogen-bond donors (Lipinski definition) is 2. The topological polar surface area (TPSA) is 117 Å². The van der Waals surface area contributed by atoms with Crippen molar-refractivity contribution in [2.45, 2.75) is 0 Å². The molecule has 0 spiro atoms. The van der Waals surface area contributed by atoms with Gasteiger partial charge in [0, 0.05) is 25.0 Å². The Balaban J connectivity index is 1.78. The zero-order valence-electron chi connectivity index (χ0n) is 18.5. The van der Waals surface area contributed by atoms with E-state index in [4.69, 9.17) is 0 Å². The minimum absolute atomic E-state index is 0.0131. The predicted molar refractivity (Wildman–Crippen MR) is 130 cm³/mol. The Labute approximate surface area is 195 Å². The van der Waals surface area contributed by atoms with Crippen LogP contribution < -0.4 is 15.3 Å². The van der Waals surface area contributed by atoms with E-state index >= 15 is 0 Å². The van der Waals surface area contributed by atoms with Gasteiger partial charge in [0.25, 0.3) is 5.91 Å². The fourth-order valence-electron chi connectivity index (χ4n) is 3.54. The first-order valence-electron chi connectivity index (χ1n) is 10.4. The second-order valence-corrected chi connectivity index (χ2v) is 7.74. The van der Waals surface area contributed by atoms with Crippen LogP contribution in [-0.2, 0) is 0 Å². The minimum atomic E-state index is -1.13. The molecule has 34 heavy (non-hydrogen) atoms. The fourth-order valence-corrected chi connectivity index (χ4v) is 3.54. The molecule has 0 heterocycles. The SMILES string of the molecule is CN(C)c1ccc(C(=O)O)cc1NC(=O)c1cc(N=Nc2ccccc2)c2ccccc2c1[O-]. The number of rotatable bonds is 6. The van der Waals surface area contributed by atoms with Crippen molar-refractivity contribution in [1.29, 1.82) is 0 Å². The third-order valence-electron chi connectivity index (χ3n) is 5.22. The van der Waals surface area contributed by atoms with Crippen molar-refractivity contribution in [1.82, 2.24) is 0 Å². The van der Waals surface area contributed by atoms with Crippen LogP contribution in [0.2, 0.25) is 0 Å². The maximum atomic E-state index is 13.2. The van der Waals surface area contributed by atoms with Crippen molar-refractivity contribution in [3.05, 3.63) is 90.0 Å². The van der Waals surface area contributed by atoms with E-state index in [1.807, 2.05) is 18.2 Å². The standard InChI is InChI=1S/C26H22N4O4/c1-30(2)23-13-12-16(26(33)34)14-22(23)27-25(32)20-15-21(29-28-17-8-4-3-5-9-17)18-10-6-7-11-19(18)24(20)31/h3-15,31H,1-2H3,(H,27,32)(H,33,34)/p-1. The van der Waals surface area contributed by atoms with Crippen LogP contribution >= 0.6 is 0 Å². The molecule has 8 heteroatoms. The number of hydrogen-bond acceptors (Lipinski definition) is 6. The molecule has 4 rings (SSSR count). The van der Waals surface area contributed by atoms with E-state index in [0.717, 1.165) is 0 Å². The molecular formula is C26H21N4O4-. The number of carboxylic acid groups (broad SMARTS) is 1. The molecule has 170 valence electrons. The molecule has 0 aliphatic heterocycles. The Morgan fingerprint density at radius 2 is 1.56 bits per heavy atom. The van der Waals surface area contributed by atoms with Gasteiger partial charge in [-0.25, -0.2) is 4.79 Å². The normalized spacial score (nSPS) is 11.0. The molecule has 0 atom stereocenters. The lowest BCUT2D eigenvalue weighted by Gasteiger charge is -2.21. The van der Waals surface area contributed by atoms with Crippen LogP contribution in [0, 0.1) is 0 Å². The summed E-state index contributed by atoms with van der Waals surface area (Å²) in [6.45, 7) is 0. The Hall–Kier alpha value is -4.72. The average molecular weight is 453 g/mol. The number of anilines is 2. The van der Waals surface area contributed by atoms with Crippen LogP contribution in [0.4, 0.5) is 22.7 Å². The Bertz CT molecular complexity index is 1420. The number of benzene rings is 4. The lowest BCUT2D eigenvalue weighted by atomic mass is 10.0. The fraction of sp³-hybridized carbons (Fsp3) is 0.0769. The van der Waals surface area contributed by atoms with E-state index in [1.165, 1.54) is 18.2 Å². The first-order valence-corrected chi connectivity index (χ1v) is 10.4. The summed E-state index contributed by atoms with van der Waals surface area (Å²) in [6, 6.07) is 21.8. The molecule has 0 fully saturated rings. The zero-order valence-corrected chi connectivity index (χ0v) is 18.5. The van der Waals surface area contributed by atoms with Gasteiger partial charge in [-0.2, -0.15) is 5.11 Å². The number of amides is 1. The van der Waals surface area contributed by atoms with Gasteiger partial charge in [0.15, 0.2) is 0 Å². The molecule has 4 aromatic rings. The highest BCUT2D eigenvalue weighted by atomic mass is 16.4. The smallest absolute Gasteiger partial charge is 0.335 e. The van der Waals surface area contributed by atoms with Crippen molar-refractivity contribution in [2.24, 2.45) is 10.2 Å². The Morgan fingerprint density at radius 3 is 2.24 bits per heavy atom. The summed E-state index contributed by atoms with van der Waals surface area (Å²) >= 11 is 0. The molecule has 0 saturated heterocycles. The minimum Gasteiger partial charge on any atom is -0.872 e. The molecule has 0 bridgehead atoms. The molecule has 0 saturated carbocycles. The van der Waals surface area contributed by atoms with Crippen LogP contribution in [0.3, 0.4) is 0 Å². The van der Waals surface area contributed by atoms with Crippen LogP contribution in [0.15, 0.2) is 89.1 Å². The second-order valence-electron chi connectivity index (χ2n) is 7.74. The quantitative estimate of drug-likeness (QED) is 0.382. The maximum Gasteiger partial charge on any atom is 0.335 e. The molecular weight excluding hydrogens is 432 g/mol. The molecule has 0 aromatic heterocycles. The van der Waals surface area contributed by atoms with Gasteiger partial charge >= 0.3 is 5.97 Å². The molecule has 8 nitrogen and oxygen atoms in total. The van der Waals surface area contributed by atoms with Crippen LogP contribution in [0.25, 0.3) is 10.8 Å². The number of nitrogens with one attached hydrogen (secondary N) is 1. The van der Waals surface area contributed by atoms with Gasteiger partial charge in [-0.05, 0) is 41.8 Å². The van der Waals surface area contributed by atoms with Gasteiger partial charge in [-0.15, -0.1) is 5.11 Å². The van der Waals surface area contributed by atoms with Gasteiger partial charge in [-0.1, -0.05) is 48.2 Å². The van der Waals surface area contributed by atoms with Gasteiger partial charge in [0.05, 0.1) is 28.3 Å². The summed E-state index contributed by atoms with van der Waals surface area (Å²) in [5.41, 5.74) is 1.76. The summed E-state index contributed by atoms with van der Waals surface area (Å²) in [7, 11) is 3.53. The van der Waals surface area contributed by atoms with Gasteiger partial charge < -0.3 is 20.4 Å². The number of carboxylic acids is 1. The molecule has 1 amide bonds. The van der Waals surface area contributed by atoms with Crippen molar-refractivity contribution < 1.29 is 19.8 Å². The van der Waals surface area contributed by atoms with E-state index in [9.17, 15) is 19.8 Å². The van der Waals surface area contributed by atoms with Crippen LogP contribution in [0.5, 0.6) is 5.75 Å². The third-order valence-corrected chi connectivity index (χ3v) is 5.22. The monoisotopic (exact) mass is 453 g/mol.